The molecule has 2 fully saturated rings. The quantitative estimate of drug-likeness (QED) is 0.619. The van der Waals surface area contributed by atoms with Gasteiger partial charge in [-0.2, -0.15) is 0 Å². The Morgan fingerprint density at radius 3 is 2.52 bits per heavy atom. The number of benzene rings is 3. The largest absolute Gasteiger partial charge is 0.493 e. The molecule has 0 unspecified atom stereocenters. The number of nitrogens with zero attached hydrogens (tertiary/aromatic N) is 1. The lowest BCUT2D eigenvalue weighted by molar-refractivity contribution is 0.0740. The summed E-state index contributed by atoms with van der Waals surface area (Å²) in [4.78, 5) is 15.5. The topological polar surface area (TPSA) is 70.0 Å². The fourth-order valence-corrected chi connectivity index (χ4v) is 6.02. The van der Waals surface area contributed by atoms with E-state index in [9.17, 15) is 19.4 Å². The maximum Gasteiger partial charge on any atom is 0.254 e. The smallest absolute Gasteiger partial charge is 0.254 e. The number of para-hydroxylation sites is 1. The van der Waals surface area contributed by atoms with Crippen LogP contribution in [-0.4, -0.2) is 54.4 Å². The van der Waals surface area contributed by atoms with E-state index in [-0.39, 0.29) is 42.6 Å². The normalized spacial score (nSPS) is 24.3. The first-order valence-electron chi connectivity index (χ1n) is 11.4. The number of carbonyl (C=O) groups is 1. The zero-order valence-electron chi connectivity index (χ0n) is 18.6. The van der Waals surface area contributed by atoms with E-state index in [2.05, 4.69) is 0 Å². The Hall–Kier alpha value is -2.96. The highest BCUT2D eigenvalue weighted by Crippen LogP contribution is 2.46. The Balaban J connectivity index is 1.51. The number of hydrogen-bond acceptors (Lipinski definition) is 4. The van der Waals surface area contributed by atoms with Crippen LogP contribution >= 0.6 is 0 Å². The molecule has 3 aromatic carbocycles. The van der Waals surface area contributed by atoms with Crippen molar-refractivity contribution >= 4 is 16.7 Å². The molecule has 0 bridgehead atoms. The van der Waals surface area contributed by atoms with Gasteiger partial charge in [0.15, 0.2) is 11.6 Å². The first-order chi connectivity index (χ1) is 16.1. The number of halogens is 1. The number of rotatable bonds is 5. The van der Waals surface area contributed by atoms with Gasteiger partial charge in [-0.25, -0.2) is 4.39 Å². The summed E-state index contributed by atoms with van der Waals surface area (Å²) >= 11 is 0. The number of carbonyl (C=O) groups excluding carboxylic acids is 1. The van der Waals surface area contributed by atoms with Gasteiger partial charge in [0.25, 0.3) is 5.91 Å². The van der Waals surface area contributed by atoms with Crippen LogP contribution in [0.25, 0.3) is 21.9 Å². The molecule has 6 heteroatoms. The Labute approximate surface area is 192 Å². The van der Waals surface area contributed by atoms with Crippen LogP contribution in [0, 0.1) is 29.5 Å². The second-order valence-electron chi connectivity index (χ2n) is 9.19. The van der Waals surface area contributed by atoms with Crippen molar-refractivity contribution < 1.29 is 24.1 Å². The zero-order valence-corrected chi connectivity index (χ0v) is 18.6. The lowest BCUT2D eigenvalue weighted by atomic mass is 9.89. The molecular weight excluding hydrogens is 421 g/mol. The minimum absolute atomic E-state index is 0.0319. The third-order valence-corrected chi connectivity index (χ3v) is 7.60. The first-order valence-corrected chi connectivity index (χ1v) is 11.4. The van der Waals surface area contributed by atoms with E-state index >= 15 is 0 Å². The summed E-state index contributed by atoms with van der Waals surface area (Å²) in [5.74, 6) is 0.408. The number of hydrogen-bond donors (Lipinski definition) is 2. The highest BCUT2D eigenvalue weighted by molar-refractivity contribution is 6.11. The lowest BCUT2D eigenvalue weighted by Crippen LogP contribution is -2.32. The van der Waals surface area contributed by atoms with Crippen LogP contribution in [0.3, 0.4) is 0 Å². The van der Waals surface area contributed by atoms with E-state index in [4.69, 9.17) is 4.74 Å². The van der Waals surface area contributed by atoms with Crippen molar-refractivity contribution in [3.05, 3.63) is 66.0 Å². The van der Waals surface area contributed by atoms with Gasteiger partial charge in [0.05, 0.1) is 7.11 Å². The summed E-state index contributed by atoms with van der Waals surface area (Å²) in [6, 6.07) is 16.2. The molecule has 5 rings (SSSR count). The number of aliphatic hydroxyl groups excluding tert-OH is 2. The molecule has 1 heterocycles. The van der Waals surface area contributed by atoms with Crippen LogP contribution in [-0.2, 0) is 0 Å². The van der Waals surface area contributed by atoms with Crippen LogP contribution in [0.2, 0.25) is 0 Å². The van der Waals surface area contributed by atoms with Crippen molar-refractivity contribution in [2.24, 2.45) is 23.7 Å². The number of ether oxygens (including phenoxy) is 1. The van der Waals surface area contributed by atoms with Gasteiger partial charge >= 0.3 is 0 Å². The summed E-state index contributed by atoms with van der Waals surface area (Å²) in [5, 5.41) is 21.2. The Kier molecular flexibility index (Phi) is 5.81. The summed E-state index contributed by atoms with van der Waals surface area (Å²) in [5.41, 5.74) is 2.07. The SMILES string of the molecule is COc1c(F)cccc1-c1ccc(C(=O)N2C[C@@H]3C[C@H](CO)[C@H](CO)[C@@H]3C2)c2ccccc12. The number of methoxy groups -OCH3 is 1. The van der Waals surface area contributed by atoms with Crippen molar-refractivity contribution in [3.8, 4) is 16.9 Å². The van der Waals surface area contributed by atoms with Crippen molar-refractivity contribution in [1.82, 2.24) is 4.90 Å². The van der Waals surface area contributed by atoms with Gasteiger partial charge in [-0.3, -0.25) is 4.79 Å². The highest BCUT2D eigenvalue weighted by atomic mass is 19.1. The predicted octanol–water partition coefficient (Wildman–Crippen LogP) is 3.96. The van der Waals surface area contributed by atoms with Gasteiger partial charge < -0.3 is 19.8 Å². The Morgan fingerprint density at radius 2 is 1.79 bits per heavy atom. The molecule has 4 atom stereocenters. The minimum Gasteiger partial charge on any atom is -0.493 e. The molecule has 1 aliphatic carbocycles. The van der Waals surface area contributed by atoms with E-state index in [0.717, 1.165) is 22.8 Å². The van der Waals surface area contributed by atoms with Crippen molar-refractivity contribution in [3.63, 3.8) is 0 Å². The van der Waals surface area contributed by atoms with Crippen LogP contribution in [0.15, 0.2) is 54.6 Å². The second-order valence-corrected chi connectivity index (χ2v) is 9.19. The van der Waals surface area contributed by atoms with E-state index in [0.29, 0.717) is 30.1 Å². The third-order valence-electron chi connectivity index (χ3n) is 7.60. The monoisotopic (exact) mass is 449 g/mol. The van der Waals surface area contributed by atoms with Gasteiger partial charge in [0, 0.05) is 37.4 Å². The first kappa shape index (κ1) is 21.9. The third kappa shape index (κ3) is 3.58. The molecule has 0 spiro atoms. The molecule has 5 nitrogen and oxygen atoms in total. The van der Waals surface area contributed by atoms with Gasteiger partial charge in [0.2, 0.25) is 0 Å². The maximum atomic E-state index is 14.4. The molecule has 2 aliphatic rings. The molecule has 3 aromatic rings. The maximum absolute atomic E-state index is 14.4. The number of amides is 1. The predicted molar refractivity (Wildman–Crippen MR) is 125 cm³/mol. The fourth-order valence-electron chi connectivity index (χ4n) is 6.02. The Morgan fingerprint density at radius 1 is 1.00 bits per heavy atom. The molecule has 1 saturated carbocycles. The summed E-state index contributed by atoms with van der Waals surface area (Å²) in [7, 11) is 1.45. The lowest BCUT2D eigenvalue weighted by Gasteiger charge is -2.24. The highest BCUT2D eigenvalue weighted by Gasteiger charge is 2.48. The molecule has 1 amide bonds. The standard InChI is InChI=1S/C27H28FNO4/c1-33-26-21(7-4-8-25(26)28)20-9-10-22(19-6-3-2-5-18(19)20)27(32)29-12-16-11-17(14-30)24(15-31)23(16)13-29/h2-10,16-17,23-24,30-31H,11-15H2,1H3/t16-,17+,23+,24-/m0/s1. The molecule has 1 saturated heterocycles. The van der Waals surface area contributed by atoms with Gasteiger partial charge in [-0.15, -0.1) is 0 Å². The number of fused-ring (bicyclic) bond motifs is 2. The minimum atomic E-state index is -0.428. The van der Waals surface area contributed by atoms with Crippen molar-refractivity contribution in [2.75, 3.05) is 33.4 Å². The molecule has 33 heavy (non-hydrogen) atoms. The summed E-state index contributed by atoms with van der Waals surface area (Å²) < 4.78 is 19.7. The average Bonchev–Trinajstić information content (AvgIpc) is 3.40. The van der Waals surface area contributed by atoms with E-state index in [1.165, 1.54) is 13.2 Å². The van der Waals surface area contributed by atoms with Crippen LogP contribution < -0.4 is 4.74 Å². The zero-order chi connectivity index (χ0) is 23.1. The van der Waals surface area contributed by atoms with Crippen molar-refractivity contribution in [1.29, 1.82) is 0 Å². The van der Waals surface area contributed by atoms with Gasteiger partial charge in [-0.05, 0) is 58.6 Å². The van der Waals surface area contributed by atoms with Gasteiger partial charge in [-0.1, -0.05) is 42.5 Å². The molecule has 172 valence electrons. The summed E-state index contributed by atoms with van der Waals surface area (Å²) in [6.45, 7) is 1.37. The van der Waals surface area contributed by atoms with E-state index < -0.39 is 5.82 Å². The van der Waals surface area contributed by atoms with E-state index in [1.54, 1.807) is 6.07 Å². The van der Waals surface area contributed by atoms with Crippen LogP contribution in [0.5, 0.6) is 5.75 Å². The molecule has 0 aromatic heterocycles. The molecular formula is C27H28FNO4. The fraction of sp³-hybridized carbons (Fsp3) is 0.370. The Bertz CT molecular complexity index is 1200. The van der Waals surface area contributed by atoms with E-state index in [1.807, 2.05) is 47.4 Å². The number of aliphatic hydroxyl groups is 2. The summed E-state index contributed by atoms with van der Waals surface area (Å²) in [6.07, 6.45) is 0.842. The average molecular weight is 450 g/mol. The molecule has 2 N–H and O–H groups in total. The number of likely N-dealkylation sites (tertiary alicyclic amines) is 1. The second kappa shape index (κ2) is 8.76. The van der Waals surface area contributed by atoms with Crippen LogP contribution in [0.4, 0.5) is 4.39 Å². The van der Waals surface area contributed by atoms with Gasteiger partial charge in [0.1, 0.15) is 0 Å². The molecule has 0 radical (unpaired) electrons. The molecule has 1 aliphatic heterocycles. The van der Waals surface area contributed by atoms with Crippen molar-refractivity contribution in [2.45, 2.75) is 6.42 Å². The van der Waals surface area contributed by atoms with Crippen LogP contribution in [0.1, 0.15) is 16.8 Å².